The number of carbonyl (C=O) groups excluding carboxylic acids is 1. The number of piperidine rings is 1. The molecule has 32 heavy (non-hydrogen) atoms. The third-order valence-corrected chi connectivity index (χ3v) is 6.41. The fraction of sp³-hybridized carbons (Fsp3) is 0.480. The van der Waals surface area contributed by atoms with Gasteiger partial charge in [-0.15, -0.1) is 0 Å². The summed E-state index contributed by atoms with van der Waals surface area (Å²) in [6.07, 6.45) is 3.89. The SMILES string of the molecule is CN1CCN(CC(=O)N(O)Cc2ccc(Nc3ccc(N4CCCCC4)cc3)cc2)CC1. The van der Waals surface area contributed by atoms with Gasteiger partial charge < -0.3 is 15.1 Å². The summed E-state index contributed by atoms with van der Waals surface area (Å²) in [7, 11) is 2.08. The smallest absolute Gasteiger partial charge is 0.260 e. The molecule has 0 bridgehead atoms. The number of nitrogens with one attached hydrogen (secondary N) is 1. The first-order valence-corrected chi connectivity index (χ1v) is 11.7. The van der Waals surface area contributed by atoms with E-state index in [9.17, 15) is 10.0 Å². The van der Waals surface area contributed by atoms with E-state index >= 15 is 0 Å². The second-order valence-electron chi connectivity index (χ2n) is 8.95. The van der Waals surface area contributed by atoms with Crippen molar-refractivity contribution in [2.45, 2.75) is 25.8 Å². The number of likely N-dealkylation sites (N-methyl/N-ethyl adjacent to an activating group) is 1. The molecule has 0 radical (unpaired) electrons. The van der Waals surface area contributed by atoms with Crippen LogP contribution in [0.5, 0.6) is 0 Å². The largest absolute Gasteiger partial charge is 0.372 e. The number of anilines is 3. The van der Waals surface area contributed by atoms with Crippen molar-refractivity contribution < 1.29 is 10.0 Å². The van der Waals surface area contributed by atoms with E-state index in [0.717, 1.165) is 61.3 Å². The second kappa shape index (κ2) is 10.8. The highest BCUT2D eigenvalue weighted by molar-refractivity contribution is 5.77. The van der Waals surface area contributed by atoms with E-state index in [4.69, 9.17) is 0 Å². The van der Waals surface area contributed by atoms with Crippen molar-refractivity contribution in [2.24, 2.45) is 0 Å². The molecule has 2 aromatic carbocycles. The normalized spacial score (nSPS) is 17.9. The monoisotopic (exact) mass is 437 g/mol. The van der Waals surface area contributed by atoms with Crippen LogP contribution in [-0.4, -0.2) is 78.8 Å². The zero-order valence-corrected chi connectivity index (χ0v) is 19.0. The van der Waals surface area contributed by atoms with Gasteiger partial charge in [0.2, 0.25) is 0 Å². The molecule has 0 aliphatic carbocycles. The average Bonchev–Trinajstić information content (AvgIpc) is 2.83. The average molecular weight is 438 g/mol. The number of piperazine rings is 1. The summed E-state index contributed by atoms with van der Waals surface area (Å²) in [5.74, 6) is -0.259. The van der Waals surface area contributed by atoms with Gasteiger partial charge in [-0.25, -0.2) is 5.06 Å². The highest BCUT2D eigenvalue weighted by Gasteiger charge is 2.19. The van der Waals surface area contributed by atoms with Gasteiger partial charge in [0.25, 0.3) is 5.91 Å². The maximum absolute atomic E-state index is 12.4. The van der Waals surface area contributed by atoms with Gasteiger partial charge in [0, 0.05) is 56.3 Å². The number of nitrogens with zero attached hydrogens (tertiary/aromatic N) is 4. The lowest BCUT2D eigenvalue weighted by Crippen LogP contribution is -2.48. The summed E-state index contributed by atoms with van der Waals surface area (Å²) < 4.78 is 0. The molecule has 0 atom stereocenters. The van der Waals surface area contributed by atoms with Crippen LogP contribution in [0.4, 0.5) is 17.1 Å². The van der Waals surface area contributed by atoms with Gasteiger partial charge in [-0.3, -0.25) is 14.9 Å². The number of hydrogen-bond donors (Lipinski definition) is 2. The summed E-state index contributed by atoms with van der Waals surface area (Å²) >= 11 is 0. The summed E-state index contributed by atoms with van der Waals surface area (Å²) in [5, 5.41) is 14.5. The first-order valence-electron chi connectivity index (χ1n) is 11.7. The Morgan fingerprint density at radius 1 is 0.875 bits per heavy atom. The van der Waals surface area contributed by atoms with Crippen LogP contribution in [0.3, 0.4) is 0 Å². The summed E-state index contributed by atoms with van der Waals surface area (Å²) in [6.45, 7) is 6.37. The molecule has 172 valence electrons. The minimum atomic E-state index is -0.259. The van der Waals surface area contributed by atoms with Crippen LogP contribution < -0.4 is 10.2 Å². The van der Waals surface area contributed by atoms with Crippen LogP contribution in [0, 0.1) is 0 Å². The molecule has 7 nitrogen and oxygen atoms in total. The van der Waals surface area contributed by atoms with E-state index < -0.39 is 0 Å². The Morgan fingerprint density at radius 3 is 2.09 bits per heavy atom. The lowest BCUT2D eigenvalue weighted by atomic mass is 10.1. The maximum Gasteiger partial charge on any atom is 0.260 e. The summed E-state index contributed by atoms with van der Waals surface area (Å²) in [4.78, 5) is 19.1. The predicted octanol–water partition coefficient (Wildman–Crippen LogP) is 3.39. The third kappa shape index (κ3) is 6.22. The van der Waals surface area contributed by atoms with Gasteiger partial charge in [0.05, 0.1) is 13.1 Å². The predicted molar refractivity (Wildman–Crippen MR) is 129 cm³/mol. The van der Waals surface area contributed by atoms with E-state index in [-0.39, 0.29) is 19.0 Å². The third-order valence-electron chi connectivity index (χ3n) is 6.41. The molecule has 7 heteroatoms. The van der Waals surface area contributed by atoms with Crippen molar-refractivity contribution in [1.29, 1.82) is 0 Å². The Labute approximate surface area is 191 Å². The standard InChI is InChI=1S/C25H35N5O2/c1-27-15-17-28(18-16-27)20-25(31)30(32)19-21-5-7-22(8-6-21)26-23-9-11-24(12-10-23)29-13-3-2-4-14-29/h5-12,26,32H,2-4,13-20H2,1H3. The minimum Gasteiger partial charge on any atom is -0.372 e. The number of amides is 1. The van der Waals surface area contributed by atoms with Crippen molar-refractivity contribution in [2.75, 3.05) is 63.1 Å². The van der Waals surface area contributed by atoms with Gasteiger partial charge in [-0.1, -0.05) is 12.1 Å². The quantitative estimate of drug-likeness (QED) is 0.512. The number of benzene rings is 2. The highest BCUT2D eigenvalue weighted by Crippen LogP contribution is 2.24. The van der Waals surface area contributed by atoms with Crippen molar-refractivity contribution in [3.05, 3.63) is 54.1 Å². The van der Waals surface area contributed by atoms with Crippen LogP contribution in [0.1, 0.15) is 24.8 Å². The molecular formula is C25H35N5O2. The van der Waals surface area contributed by atoms with Gasteiger partial charge in [-0.2, -0.15) is 0 Å². The molecule has 1 amide bonds. The molecule has 0 spiro atoms. The summed E-state index contributed by atoms with van der Waals surface area (Å²) in [6, 6.07) is 16.4. The Hall–Kier alpha value is -2.61. The molecule has 2 aliphatic heterocycles. The van der Waals surface area contributed by atoms with Crippen molar-refractivity contribution in [3.8, 4) is 0 Å². The molecule has 2 fully saturated rings. The summed E-state index contributed by atoms with van der Waals surface area (Å²) in [5.41, 5.74) is 4.21. The molecule has 2 aliphatic rings. The van der Waals surface area contributed by atoms with Crippen LogP contribution >= 0.6 is 0 Å². The molecule has 2 N–H and O–H groups in total. The van der Waals surface area contributed by atoms with E-state index in [1.54, 1.807) is 0 Å². The molecular weight excluding hydrogens is 402 g/mol. The first-order chi connectivity index (χ1) is 15.6. The zero-order valence-electron chi connectivity index (χ0n) is 19.0. The van der Waals surface area contributed by atoms with E-state index in [0.29, 0.717) is 0 Å². The van der Waals surface area contributed by atoms with Crippen molar-refractivity contribution >= 4 is 23.0 Å². The fourth-order valence-corrected chi connectivity index (χ4v) is 4.31. The number of carbonyl (C=O) groups is 1. The Bertz CT molecular complexity index is 857. The van der Waals surface area contributed by atoms with Gasteiger partial charge in [0.1, 0.15) is 0 Å². The Kier molecular flexibility index (Phi) is 7.63. The molecule has 4 rings (SSSR count). The van der Waals surface area contributed by atoms with Gasteiger partial charge in [0.15, 0.2) is 0 Å². The van der Waals surface area contributed by atoms with Gasteiger partial charge in [-0.05, 0) is 68.3 Å². The molecule has 0 aromatic heterocycles. The lowest BCUT2D eigenvalue weighted by molar-refractivity contribution is -0.169. The zero-order chi connectivity index (χ0) is 22.3. The van der Waals surface area contributed by atoms with Crippen molar-refractivity contribution in [1.82, 2.24) is 14.9 Å². The van der Waals surface area contributed by atoms with Crippen LogP contribution in [0.25, 0.3) is 0 Å². The molecule has 2 heterocycles. The van der Waals surface area contributed by atoms with E-state index in [1.165, 1.54) is 24.9 Å². The minimum absolute atomic E-state index is 0.192. The highest BCUT2D eigenvalue weighted by atomic mass is 16.5. The Balaban J connectivity index is 1.26. The van der Waals surface area contributed by atoms with Crippen LogP contribution in [-0.2, 0) is 11.3 Å². The maximum atomic E-state index is 12.4. The molecule has 0 saturated carbocycles. The Morgan fingerprint density at radius 2 is 1.47 bits per heavy atom. The second-order valence-corrected chi connectivity index (χ2v) is 8.95. The lowest BCUT2D eigenvalue weighted by Gasteiger charge is -2.32. The molecule has 2 saturated heterocycles. The van der Waals surface area contributed by atoms with Crippen LogP contribution in [0.15, 0.2) is 48.5 Å². The van der Waals surface area contributed by atoms with Crippen molar-refractivity contribution in [3.63, 3.8) is 0 Å². The van der Waals surface area contributed by atoms with E-state index in [2.05, 4.69) is 51.3 Å². The first kappa shape index (κ1) is 22.6. The number of rotatable bonds is 7. The topological polar surface area (TPSA) is 62.3 Å². The van der Waals surface area contributed by atoms with E-state index in [1.807, 2.05) is 24.3 Å². The fourth-order valence-electron chi connectivity index (χ4n) is 4.31. The molecule has 2 aromatic rings. The molecule has 0 unspecified atom stereocenters. The van der Waals surface area contributed by atoms with Gasteiger partial charge >= 0.3 is 0 Å². The number of hydrogen-bond acceptors (Lipinski definition) is 6. The number of hydroxylamine groups is 2. The van der Waals surface area contributed by atoms with Crippen LogP contribution in [0.2, 0.25) is 0 Å².